The van der Waals surface area contributed by atoms with Crippen LogP contribution in [0.3, 0.4) is 0 Å². The zero-order valence-electron chi connectivity index (χ0n) is 10.8. The van der Waals surface area contributed by atoms with Crippen LogP contribution in [0.2, 0.25) is 0 Å². The fourth-order valence-electron chi connectivity index (χ4n) is 1.49. The quantitative estimate of drug-likeness (QED) is 0.789. The van der Waals surface area contributed by atoms with Crippen LogP contribution in [-0.2, 0) is 4.74 Å². The van der Waals surface area contributed by atoms with Crippen molar-refractivity contribution in [3.05, 3.63) is 47.9 Å². The predicted octanol–water partition coefficient (Wildman–Crippen LogP) is 2.75. The summed E-state index contributed by atoms with van der Waals surface area (Å²) in [7, 11) is 0. The van der Waals surface area contributed by atoms with Gasteiger partial charge in [-0.3, -0.25) is 0 Å². The highest BCUT2D eigenvalue weighted by Gasteiger charge is 2.06. The summed E-state index contributed by atoms with van der Waals surface area (Å²) in [6, 6.07) is 8.38. The van der Waals surface area contributed by atoms with Gasteiger partial charge in [0.25, 0.3) is 0 Å². The highest BCUT2D eigenvalue weighted by atomic mass is 16.5. The lowest BCUT2D eigenvalue weighted by Crippen LogP contribution is -2.04. The molecule has 0 N–H and O–H groups in total. The average Bonchev–Trinajstić information content (AvgIpc) is 2.40. The van der Waals surface area contributed by atoms with E-state index in [4.69, 9.17) is 9.47 Å². The zero-order valence-corrected chi connectivity index (χ0v) is 10.8. The lowest BCUT2D eigenvalue weighted by Gasteiger charge is -2.06. The Morgan fingerprint density at radius 2 is 1.95 bits per heavy atom. The molecule has 0 saturated heterocycles. The van der Waals surface area contributed by atoms with Crippen molar-refractivity contribution in [2.75, 3.05) is 6.61 Å². The Kier molecular flexibility index (Phi) is 4.07. The number of carbonyl (C=O) groups is 1. The Hall–Kier alpha value is -2.43. The van der Waals surface area contributed by atoms with Crippen LogP contribution >= 0.6 is 0 Å². The first-order valence-electron chi connectivity index (χ1n) is 5.93. The molecule has 0 bridgehead atoms. The first-order chi connectivity index (χ1) is 9.19. The van der Waals surface area contributed by atoms with Crippen LogP contribution in [0.5, 0.6) is 11.6 Å². The molecule has 1 aromatic carbocycles. The maximum absolute atomic E-state index is 11.5. The first kappa shape index (κ1) is 13.0. The van der Waals surface area contributed by atoms with Crippen molar-refractivity contribution in [1.82, 2.24) is 9.97 Å². The molecule has 1 heterocycles. The summed E-state index contributed by atoms with van der Waals surface area (Å²) in [6.45, 7) is 3.92. The number of carbonyl (C=O) groups excluding carboxylic acids is 1. The maximum Gasteiger partial charge on any atom is 0.338 e. The van der Waals surface area contributed by atoms with Gasteiger partial charge in [0, 0.05) is 12.3 Å². The summed E-state index contributed by atoms with van der Waals surface area (Å²) < 4.78 is 10.5. The van der Waals surface area contributed by atoms with Crippen LogP contribution in [0.4, 0.5) is 0 Å². The summed E-state index contributed by atoms with van der Waals surface area (Å²) in [5, 5.41) is 0. The fourth-order valence-corrected chi connectivity index (χ4v) is 1.49. The van der Waals surface area contributed by atoms with Gasteiger partial charge in [0.2, 0.25) is 5.88 Å². The van der Waals surface area contributed by atoms with E-state index in [0.717, 1.165) is 0 Å². The zero-order chi connectivity index (χ0) is 13.7. The van der Waals surface area contributed by atoms with E-state index in [9.17, 15) is 4.79 Å². The predicted molar refractivity (Wildman–Crippen MR) is 69.2 cm³/mol. The Morgan fingerprint density at radius 3 is 2.58 bits per heavy atom. The van der Waals surface area contributed by atoms with Gasteiger partial charge in [-0.1, -0.05) is 0 Å². The largest absolute Gasteiger partial charge is 0.462 e. The topological polar surface area (TPSA) is 61.3 Å². The number of benzene rings is 1. The highest BCUT2D eigenvalue weighted by Crippen LogP contribution is 2.19. The maximum atomic E-state index is 11.5. The van der Waals surface area contributed by atoms with Gasteiger partial charge in [0.15, 0.2) is 0 Å². The van der Waals surface area contributed by atoms with E-state index in [-0.39, 0.29) is 5.97 Å². The number of rotatable bonds is 4. The van der Waals surface area contributed by atoms with Gasteiger partial charge in [-0.05, 0) is 38.1 Å². The van der Waals surface area contributed by atoms with Crippen LogP contribution in [0.25, 0.3) is 0 Å². The van der Waals surface area contributed by atoms with Gasteiger partial charge in [0.05, 0.1) is 12.2 Å². The molecule has 2 aromatic rings. The second-order valence-corrected chi connectivity index (χ2v) is 3.79. The summed E-state index contributed by atoms with van der Waals surface area (Å²) in [5.41, 5.74) is 0.494. The molecule has 98 valence electrons. The van der Waals surface area contributed by atoms with E-state index in [1.807, 2.05) is 0 Å². The normalized spacial score (nSPS) is 10.0. The fraction of sp³-hybridized carbons (Fsp3) is 0.214. The molecule has 0 aliphatic heterocycles. The highest BCUT2D eigenvalue weighted by molar-refractivity contribution is 5.89. The number of hydrogen-bond acceptors (Lipinski definition) is 5. The number of nitrogens with zero attached hydrogens (tertiary/aromatic N) is 2. The van der Waals surface area contributed by atoms with Gasteiger partial charge < -0.3 is 9.47 Å². The van der Waals surface area contributed by atoms with Crippen LogP contribution in [0.15, 0.2) is 36.5 Å². The van der Waals surface area contributed by atoms with Crippen molar-refractivity contribution in [3.8, 4) is 11.6 Å². The van der Waals surface area contributed by atoms with Crippen molar-refractivity contribution in [2.45, 2.75) is 13.8 Å². The van der Waals surface area contributed by atoms with Crippen molar-refractivity contribution in [1.29, 1.82) is 0 Å². The number of esters is 1. The Balaban J connectivity index is 2.08. The molecule has 0 amide bonds. The van der Waals surface area contributed by atoms with Gasteiger partial charge in [-0.2, -0.15) is 4.98 Å². The van der Waals surface area contributed by atoms with Gasteiger partial charge >= 0.3 is 5.97 Å². The smallest absolute Gasteiger partial charge is 0.338 e. The Bertz CT molecular complexity index is 567. The molecule has 0 atom stereocenters. The second-order valence-electron chi connectivity index (χ2n) is 3.79. The number of ether oxygens (including phenoxy) is 2. The van der Waals surface area contributed by atoms with E-state index in [0.29, 0.717) is 29.6 Å². The summed E-state index contributed by atoms with van der Waals surface area (Å²) >= 11 is 0. The van der Waals surface area contributed by atoms with E-state index in [1.54, 1.807) is 50.4 Å². The molecule has 0 fully saturated rings. The van der Waals surface area contributed by atoms with Crippen molar-refractivity contribution in [2.24, 2.45) is 0 Å². The third kappa shape index (κ3) is 3.51. The minimum atomic E-state index is -0.341. The van der Waals surface area contributed by atoms with E-state index in [1.165, 1.54) is 0 Å². The van der Waals surface area contributed by atoms with Gasteiger partial charge in [-0.15, -0.1) is 0 Å². The minimum absolute atomic E-state index is 0.341. The lowest BCUT2D eigenvalue weighted by molar-refractivity contribution is 0.0526. The Labute approximate surface area is 111 Å². The molecular weight excluding hydrogens is 244 g/mol. The number of aryl methyl sites for hydroxylation is 1. The molecule has 0 aliphatic rings. The molecular formula is C14H14N2O3. The number of aromatic nitrogens is 2. The molecule has 0 spiro atoms. The van der Waals surface area contributed by atoms with E-state index in [2.05, 4.69) is 9.97 Å². The molecule has 0 radical (unpaired) electrons. The molecule has 19 heavy (non-hydrogen) atoms. The standard InChI is InChI=1S/C14H14N2O3/c1-3-18-14(17)11-4-6-12(7-5-11)19-13-8-9-15-10(2)16-13/h4-9H,3H2,1-2H3. The number of hydrogen-bond donors (Lipinski definition) is 0. The molecule has 0 aliphatic carbocycles. The van der Waals surface area contributed by atoms with Crippen LogP contribution in [0.1, 0.15) is 23.1 Å². The van der Waals surface area contributed by atoms with Crippen LogP contribution < -0.4 is 4.74 Å². The third-order valence-electron chi connectivity index (χ3n) is 2.34. The summed E-state index contributed by atoms with van der Waals surface area (Å²) in [5.74, 6) is 1.37. The van der Waals surface area contributed by atoms with E-state index < -0.39 is 0 Å². The minimum Gasteiger partial charge on any atom is -0.462 e. The van der Waals surface area contributed by atoms with Crippen molar-refractivity contribution in [3.63, 3.8) is 0 Å². The van der Waals surface area contributed by atoms with Crippen molar-refractivity contribution >= 4 is 5.97 Å². The first-order valence-corrected chi connectivity index (χ1v) is 5.93. The monoisotopic (exact) mass is 258 g/mol. The molecule has 5 heteroatoms. The average molecular weight is 258 g/mol. The SMILES string of the molecule is CCOC(=O)c1ccc(Oc2ccnc(C)n2)cc1. The molecule has 2 rings (SSSR count). The summed E-state index contributed by atoms with van der Waals surface area (Å²) in [6.07, 6.45) is 1.63. The van der Waals surface area contributed by atoms with Crippen LogP contribution in [0, 0.1) is 6.92 Å². The second kappa shape index (κ2) is 5.95. The Morgan fingerprint density at radius 1 is 1.21 bits per heavy atom. The molecule has 0 unspecified atom stereocenters. The molecule has 5 nitrogen and oxygen atoms in total. The molecule has 1 aromatic heterocycles. The van der Waals surface area contributed by atoms with Crippen molar-refractivity contribution < 1.29 is 14.3 Å². The lowest BCUT2D eigenvalue weighted by atomic mass is 10.2. The van der Waals surface area contributed by atoms with Gasteiger partial charge in [0.1, 0.15) is 11.6 Å². The third-order valence-corrected chi connectivity index (χ3v) is 2.34. The summed E-state index contributed by atoms with van der Waals surface area (Å²) in [4.78, 5) is 19.6. The molecule has 0 saturated carbocycles. The van der Waals surface area contributed by atoms with Gasteiger partial charge in [-0.25, -0.2) is 9.78 Å². The van der Waals surface area contributed by atoms with Crippen LogP contribution in [-0.4, -0.2) is 22.5 Å². The van der Waals surface area contributed by atoms with E-state index >= 15 is 0 Å².